The zero-order valence-corrected chi connectivity index (χ0v) is 16.5. The normalized spacial score (nSPS) is 11.9. The zero-order chi connectivity index (χ0) is 21.1. The summed E-state index contributed by atoms with van der Waals surface area (Å²) in [7, 11) is 1.53. The second kappa shape index (κ2) is 8.16. The van der Waals surface area contributed by atoms with Crippen LogP contribution in [0.2, 0.25) is 0 Å². The van der Waals surface area contributed by atoms with E-state index in [1.54, 1.807) is 36.4 Å². The minimum absolute atomic E-state index is 0.203. The van der Waals surface area contributed by atoms with E-state index in [1.165, 1.54) is 7.11 Å². The fourth-order valence-corrected chi connectivity index (χ4v) is 3.09. The average Bonchev–Trinajstić information content (AvgIpc) is 2.88. The van der Waals surface area contributed by atoms with Crippen LogP contribution in [0.1, 0.15) is 15.9 Å². The number of amides is 2. The van der Waals surface area contributed by atoms with E-state index in [9.17, 15) is 9.59 Å². The number of ether oxygens (including phenoxy) is 3. The van der Waals surface area contributed by atoms with Crippen LogP contribution in [-0.2, 0) is 4.79 Å². The highest BCUT2D eigenvalue weighted by Gasteiger charge is 2.21. The van der Waals surface area contributed by atoms with Crippen molar-refractivity contribution in [2.24, 2.45) is 0 Å². The second-order valence-electron chi connectivity index (χ2n) is 6.75. The monoisotopic (exact) mass is 404 g/mol. The molecule has 1 aliphatic rings. The summed E-state index contributed by atoms with van der Waals surface area (Å²) in [4.78, 5) is 25.0. The lowest BCUT2D eigenvalue weighted by Crippen LogP contribution is -2.20. The van der Waals surface area contributed by atoms with Crippen LogP contribution in [0.25, 0.3) is 0 Å². The van der Waals surface area contributed by atoms with Gasteiger partial charge in [0.25, 0.3) is 11.8 Å². The van der Waals surface area contributed by atoms with Crippen LogP contribution in [-0.4, -0.2) is 25.5 Å². The summed E-state index contributed by atoms with van der Waals surface area (Å²) >= 11 is 0. The van der Waals surface area contributed by atoms with Crippen molar-refractivity contribution in [1.29, 1.82) is 0 Å². The number of benzene rings is 3. The molecule has 3 aromatic carbocycles. The predicted octanol–water partition coefficient (Wildman–Crippen LogP) is 4.38. The molecule has 0 aliphatic carbocycles. The van der Waals surface area contributed by atoms with Gasteiger partial charge < -0.3 is 24.8 Å². The quantitative estimate of drug-likeness (QED) is 0.659. The highest BCUT2D eigenvalue weighted by molar-refractivity contribution is 6.09. The van der Waals surface area contributed by atoms with Crippen LogP contribution in [0, 0.1) is 6.92 Å². The van der Waals surface area contributed by atoms with Gasteiger partial charge in [-0.1, -0.05) is 18.2 Å². The van der Waals surface area contributed by atoms with E-state index < -0.39 is 0 Å². The number of carbonyl (C=O) groups is 2. The van der Waals surface area contributed by atoms with Gasteiger partial charge >= 0.3 is 0 Å². The van der Waals surface area contributed by atoms with Gasteiger partial charge in [-0.2, -0.15) is 0 Å². The number of carbonyl (C=O) groups excluding carboxylic acids is 2. The van der Waals surface area contributed by atoms with Crippen molar-refractivity contribution < 1.29 is 23.8 Å². The number of hydrogen-bond acceptors (Lipinski definition) is 5. The number of methoxy groups -OCH3 is 1. The van der Waals surface area contributed by atoms with Crippen molar-refractivity contribution in [2.75, 3.05) is 24.4 Å². The molecule has 0 radical (unpaired) electrons. The topological polar surface area (TPSA) is 85.9 Å². The van der Waals surface area contributed by atoms with E-state index >= 15 is 0 Å². The third-order valence-electron chi connectivity index (χ3n) is 4.54. The number of nitrogens with one attached hydrogen (secondary N) is 2. The number of hydrogen-bond donors (Lipinski definition) is 2. The van der Waals surface area contributed by atoms with Gasteiger partial charge in [0.05, 0.1) is 18.4 Å². The number of rotatable bonds is 5. The van der Waals surface area contributed by atoms with E-state index in [-0.39, 0.29) is 18.4 Å². The molecule has 7 nitrogen and oxygen atoms in total. The Bertz CT molecular complexity index is 1130. The molecule has 3 aromatic rings. The van der Waals surface area contributed by atoms with Crippen molar-refractivity contribution >= 4 is 23.2 Å². The summed E-state index contributed by atoms with van der Waals surface area (Å²) in [6.07, 6.45) is 0. The third-order valence-corrected chi connectivity index (χ3v) is 4.54. The molecule has 0 unspecified atom stereocenters. The van der Waals surface area contributed by atoms with Crippen molar-refractivity contribution in [3.05, 3.63) is 71.8 Å². The standard InChI is InChI=1S/C23H20N2O5/c1-14-7-9-19-17(11-14)25-23(27)16-12-15(8-10-18(16)30-19)24-22(26)13-29-21-6-4-3-5-20(21)28-2/h3-12H,13H2,1-2H3,(H,24,26)(H,25,27). The summed E-state index contributed by atoms with van der Waals surface area (Å²) in [5, 5.41) is 5.57. The van der Waals surface area contributed by atoms with Crippen LogP contribution >= 0.6 is 0 Å². The van der Waals surface area contributed by atoms with Gasteiger partial charge in [0.1, 0.15) is 5.75 Å². The first-order chi connectivity index (χ1) is 14.5. The second-order valence-corrected chi connectivity index (χ2v) is 6.75. The zero-order valence-electron chi connectivity index (χ0n) is 16.5. The van der Waals surface area contributed by atoms with Crippen molar-refractivity contribution in [3.8, 4) is 23.0 Å². The minimum Gasteiger partial charge on any atom is -0.493 e. The molecule has 0 bridgehead atoms. The Hall–Kier alpha value is -4.00. The van der Waals surface area contributed by atoms with Crippen LogP contribution in [0.5, 0.6) is 23.0 Å². The third kappa shape index (κ3) is 4.05. The van der Waals surface area contributed by atoms with Crippen LogP contribution in [0.3, 0.4) is 0 Å². The summed E-state index contributed by atoms with van der Waals surface area (Å²) < 4.78 is 16.6. The summed E-state index contributed by atoms with van der Waals surface area (Å²) in [5.41, 5.74) is 2.40. The maximum absolute atomic E-state index is 12.7. The summed E-state index contributed by atoms with van der Waals surface area (Å²) in [6.45, 7) is 1.73. The molecular weight excluding hydrogens is 384 g/mol. The molecule has 0 aromatic heterocycles. The van der Waals surface area contributed by atoms with Crippen LogP contribution in [0.15, 0.2) is 60.7 Å². The van der Waals surface area contributed by atoms with E-state index in [2.05, 4.69) is 10.6 Å². The smallest absolute Gasteiger partial charge is 0.262 e. The number of anilines is 2. The molecule has 0 spiro atoms. The molecule has 7 heteroatoms. The van der Waals surface area contributed by atoms with E-state index in [1.807, 2.05) is 31.2 Å². The van der Waals surface area contributed by atoms with Crippen molar-refractivity contribution in [3.63, 3.8) is 0 Å². The number of aryl methyl sites for hydroxylation is 1. The molecule has 4 rings (SSSR count). The fraction of sp³-hybridized carbons (Fsp3) is 0.130. The molecule has 0 fully saturated rings. The van der Waals surface area contributed by atoms with Crippen molar-refractivity contribution in [2.45, 2.75) is 6.92 Å². The first kappa shape index (κ1) is 19.3. The van der Waals surface area contributed by atoms with Gasteiger partial charge in [-0.25, -0.2) is 0 Å². The Labute approximate surface area is 173 Å². The lowest BCUT2D eigenvalue weighted by molar-refractivity contribution is -0.118. The molecule has 2 amide bonds. The van der Waals surface area contributed by atoms with Crippen molar-refractivity contribution in [1.82, 2.24) is 0 Å². The molecule has 1 aliphatic heterocycles. The van der Waals surface area contributed by atoms with Gasteiger partial charge in [0, 0.05) is 5.69 Å². The van der Waals surface area contributed by atoms with Gasteiger partial charge in [-0.05, 0) is 55.0 Å². The average molecular weight is 404 g/mol. The molecule has 152 valence electrons. The Morgan fingerprint density at radius 3 is 2.60 bits per heavy atom. The van der Waals surface area contributed by atoms with Gasteiger partial charge in [0.2, 0.25) is 0 Å². The van der Waals surface area contributed by atoms with Gasteiger partial charge in [0.15, 0.2) is 23.9 Å². The molecule has 1 heterocycles. The minimum atomic E-state index is -0.366. The highest BCUT2D eigenvalue weighted by atomic mass is 16.5. The SMILES string of the molecule is COc1ccccc1OCC(=O)Nc1ccc2c(c1)C(=O)Nc1cc(C)ccc1O2. The maximum atomic E-state index is 12.7. The highest BCUT2D eigenvalue weighted by Crippen LogP contribution is 2.37. The van der Waals surface area contributed by atoms with E-state index in [0.717, 1.165) is 5.56 Å². The largest absolute Gasteiger partial charge is 0.493 e. The molecule has 0 atom stereocenters. The Morgan fingerprint density at radius 1 is 1.03 bits per heavy atom. The molecule has 0 saturated carbocycles. The fourth-order valence-electron chi connectivity index (χ4n) is 3.09. The predicted molar refractivity (Wildman–Crippen MR) is 113 cm³/mol. The van der Waals surface area contributed by atoms with Crippen LogP contribution in [0.4, 0.5) is 11.4 Å². The lowest BCUT2D eigenvalue weighted by Gasteiger charge is -2.12. The van der Waals surface area contributed by atoms with Crippen LogP contribution < -0.4 is 24.8 Å². The number of para-hydroxylation sites is 2. The molecule has 2 N–H and O–H groups in total. The van der Waals surface area contributed by atoms with Gasteiger partial charge in [-0.3, -0.25) is 9.59 Å². The maximum Gasteiger partial charge on any atom is 0.262 e. The molecular formula is C23H20N2O5. The lowest BCUT2D eigenvalue weighted by atomic mass is 10.1. The molecule has 30 heavy (non-hydrogen) atoms. The first-order valence-electron chi connectivity index (χ1n) is 9.33. The Morgan fingerprint density at radius 2 is 1.80 bits per heavy atom. The van der Waals surface area contributed by atoms with Gasteiger partial charge in [-0.15, -0.1) is 0 Å². The Kier molecular flexibility index (Phi) is 5.26. The summed E-state index contributed by atoms with van der Waals surface area (Å²) in [5.74, 6) is 1.32. The van der Waals surface area contributed by atoms with E-state index in [4.69, 9.17) is 14.2 Å². The summed E-state index contributed by atoms with van der Waals surface area (Å²) in [6, 6.07) is 17.5. The molecule has 0 saturated heterocycles. The van der Waals surface area contributed by atoms with E-state index in [0.29, 0.717) is 39.9 Å². The Balaban J connectivity index is 1.47. The first-order valence-corrected chi connectivity index (χ1v) is 9.33. The number of fused-ring (bicyclic) bond motifs is 2.